The molecule has 0 aliphatic rings. The number of hydrogen-bond acceptors (Lipinski definition) is 1. The molecule has 1 aromatic rings. The molecule has 0 saturated heterocycles. The minimum atomic E-state index is -0.831. The molecule has 1 aromatic carbocycles. The molecule has 0 saturated carbocycles. The number of nitrogens with one attached hydrogen (secondary N) is 1. The van der Waals surface area contributed by atoms with E-state index in [2.05, 4.69) is 5.32 Å². The van der Waals surface area contributed by atoms with Crippen molar-refractivity contribution >= 4 is 5.69 Å². The molecule has 0 aliphatic carbocycles. The van der Waals surface area contributed by atoms with Crippen molar-refractivity contribution in [3.63, 3.8) is 0 Å². The van der Waals surface area contributed by atoms with Crippen LogP contribution in [-0.4, -0.2) is 6.04 Å². The van der Waals surface area contributed by atoms with E-state index in [1.165, 1.54) is 6.07 Å². The number of anilines is 1. The quantitative estimate of drug-likeness (QED) is 0.733. The van der Waals surface area contributed by atoms with Gasteiger partial charge in [-0.3, -0.25) is 0 Å². The Hall–Kier alpha value is -1.38. The fourth-order valence-corrected chi connectivity index (χ4v) is 1.19. The van der Waals surface area contributed by atoms with E-state index in [-0.39, 0.29) is 6.04 Å². The van der Waals surface area contributed by atoms with Crippen molar-refractivity contribution in [2.75, 3.05) is 5.32 Å². The summed E-state index contributed by atoms with van der Waals surface area (Å²) in [5.41, 5.74) is 0.578. The van der Waals surface area contributed by atoms with Gasteiger partial charge in [-0.25, -0.2) is 8.78 Å². The molecule has 1 rings (SSSR count). The summed E-state index contributed by atoms with van der Waals surface area (Å²) in [6.07, 6.45) is 3.83. The molecule has 0 fully saturated rings. The first-order valence-electron chi connectivity index (χ1n) is 4.48. The van der Waals surface area contributed by atoms with E-state index in [9.17, 15) is 8.78 Å². The van der Waals surface area contributed by atoms with Crippen LogP contribution in [0.1, 0.15) is 13.8 Å². The molecule has 76 valence electrons. The van der Waals surface area contributed by atoms with E-state index in [1.54, 1.807) is 0 Å². The molecule has 14 heavy (non-hydrogen) atoms. The van der Waals surface area contributed by atoms with Crippen molar-refractivity contribution in [1.82, 2.24) is 0 Å². The number of hydrogen-bond donors (Lipinski definition) is 1. The molecule has 1 N–H and O–H groups in total. The zero-order valence-corrected chi connectivity index (χ0v) is 8.22. The fourth-order valence-electron chi connectivity index (χ4n) is 1.19. The lowest BCUT2D eigenvalue weighted by Crippen LogP contribution is -2.11. The molecule has 0 aromatic heterocycles. The molecular formula is C11H13F2N. The van der Waals surface area contributed by atoms with Gasteiger partial charge in [-0.2, -0.15) is 0 Å². The van der Waals surface area contributed by atoms with E-state index in [1.807, 2.05) is 26.0 Å². The number of allylic oxidation sites excluding steroid dienone is 1. The Morgan fingerprint density at radius 2 is 2.00 bits per heavy atom. The Morgan fingerprint density at radius 3 is 2.57 bits per heavy atom. The molecule has 0 spiro atoms. The van der Waals surface area contributed by atoms with Crippen molar-refractivity contribution in [3.05, 3.63) is 42.0 Å². The molecule has 1 unspecified atom stereocenters. The third kappa shape index (κ3) is 2.83. The standard InChI is InChI=1S/C11H13F2N/c1-3-4-8(2)14-9-5-6-10(12)11(13)7-9/h3-8,14H,1-2H3. The van der Waals surface area contributed by atoms with Gasteiger partial charge in [-0.1, -0.05) is 12.2 Å². The minimum Gasteiger partial charge on any atom is -0.379 e. The van der Waals surface area contributed by atoms with Gasteiger partial charge in [0.25, 0.3) is 0 Å². The summed E-state index contributed by atoms with van der Waals surface area (Å²) < 4.78 is 25.3. The molecule has 1 nitrogen and oxygen atoms in total. The second-order valence-corrected chi connectivity index (χ2v) is 3.09. The summed E-state index contributed by atoms with van der Waals surface area (Å²) >= 11 is 0. The summed E-state index contributed by atoms with van der Waals surface area (Å²) in [6.45, 7) is 3.84. The average molecular weight is 197 g/mol. The van der Waals surface area contributed by atoms with Crippen molar-refractivity contribution in [2.24, 2.45) is 0 Å². The van der Waals surface area contributed by atoms with Gasteiger partial charge in [-0.15, -0.1) is 0 Å². The van der Waals surface area contributed by atoms with Gasteiger partial charge in [0.2, 0.25) is 0 Å². The summed E-state index contributed by atoms with van der Waals surface area (Å²) in [5.74, 6) is -1.66. The number of rotatable bonds is 3. The predicted molar refractivity (Wildman–Crippen MR) is 54.3 cm³/mol. The summed E-state index contributed by atoms with van der Waals surface area (Å²) in [7, 11) is 0. The van der Waals surface area contributed by atoms with Gasteiger partial charge in [0, 0.05) is 17.8 Å². The molecule has 1 atom stereocenters. The maximum absolute atomic E-state index is 12.8. The van der Waals surface area contributed by atoms with Crippen molar-refractivity contribution < 1.29 is 8.78 Å². The summed E-state index contributed by atoms with van der Waals surface area (Å²) in [6, 6.07) is 3.87. The van der Waals surface area contributed by atoms with E-state index < -0.39 is 11.6 Å². The Morgan fingerprint density at radius 1 is 1.29 bits per heavy atom. The van der Waals surface area contributed by atoms with Gasteiger partial charge in [-0.05, 0) is 26.0 Å². The topological polar surface area (TPSA) is 12.0 Å². The highest BCUT2D eigenvalue weighted by atomic mass is 19.2. The van der Waals surface area contributed by atoms with Crippen LogP contribution in [-0.2, 0) is 0 Å². The molecule has 3 heteroatoms. The van der Waals surface area contributed by atoms with Crippen LogP contribution in [0.25, 0.3) is 0 Å². The lowest BCUT2D eigenvalue weighted by molar-refractivity contribution is 0.509. The van der Waals surface area contributed by atoms with Crippen LogP contribution in [0.3, 0.4) is 0 Å². The normalized spacial score (nSPS) is 13.1. The van der Waals surface area contributed by atoms with E-state index in [0.717, 1.165) is 12.1 Å². The Kier molecular flexibility index (Phi) is 3.63. The molecule has 0 aliphatic heterocycles. The van der Waals surface area contributed by atoms with Crippen LogP contribution >= 0.6 is 0 Å². The van der Waals surface area contributed by atoms with Crippen LogP contribution < -0.4 is 5.32 Å². The minimum absolute atomic E-state index is 0.102. The van der Waals surface area contributed by atoms with Gasteiger partial charge in [0.15, 0.2) is 11.6 Å². The van der Waals surface area contributed by atoms with Crippen LogP contribution in [0.15, 0.2) is 30.4 Å². The maximum atomic E-state index is 12.8. The smallest absolute Gasteiger partial charge is 0.160 e. The monoisotopic (exact) mass is 197 g/mol. The average Bonchev–Trinajstić information content (AvgIpc) is 2.12. The van der Waals surface area contributed by atoms with E-state index >= 15 is 0 Å². The SMILES string of the molecule is CC=CC(C)Nc1ccc(F)c(F)c1. The molecule has 0 heterocycles. The first kappa shape index (κ1) is 10.7. The first-order chi connectivity index (χ1) is 6.63. The zero-order chi connectivity index (χ0) is 10.6. The van der Waals surface area contributed by atoms with E-state index in [4.69, 9.17) is 0 Å². The van der Waals surface area contributed by atoms with Crippen molar-refractivity contribution in [3.8, 4) is 0 Å². The fraction of sp³-hybridized carbons (Fsp3) is 0.273. The Labute approximate surface area is 82.4 Å². The van der Waals surface area contributed by atoms with Crippen molar-refractivity contribution in [2.45, 2.75) is 19.9 Å². The molecule has 0 bridgehead atoms. The number of benzene rings is 1. The highest BCUT2D eigenvalue weighted by molar-refractivity contribution is 5.45. The lowest BCUT2D eigenvalue weighted by atomic mass is 10.2. The third-order valence-corrected chi connectivity index (χ3v) is 1.80. The summed E-state index contributed by atoms with van der Waals surface area (Å²) in [5, 5.41) is 3.02. The van der Waals surface area contributed by atoms with Crippen LogP contribution in [0.5, 0.6) is 0 Å². The third-order valence-electron chi connectivity index (χ3n) is 1.80. The first-order valence-corrected chi connectivity index (χ1v) is 4.48. The second-order valence-electron chi connectivity index (χ2n) is 3.09. The molecule has 0 amide bonds. The predicted octanol–water partition coefficient (Wildman–Crippen LogP) is 3.34. The number of halogens is 2. The second kappa shape index (κ2) is 4.74. The van der Waals surface area contributed by atoms with E-state index in [0.29, 0.717) is 5.69 Å². The molecular weight excluding hydrogens is 184 g/mol. The molecule has 0 radical (unpaired) electrons. The van der Waals surface area contributed by atoms with Gasteiger partial charge >= 0.3 is 0 Å². The van der Waals surface area contributed by atoms with Crippen LogP contribution in [0.4, 0.5) is 14.5 Å². The highest BCUT2D eigenvalue weighted by Crippen LogP contribution is 2.14. The Bertz CT molecular complexity index is 334. The Balaban J connectivity index is 2.73. The summed E-state index contributed by atoms with van der Waals surface area (Å²) in [4.78, 5) is 0. The van der Waals surface area contributed by atoms with Gasteiger partial charge in [0.1, 0.15) is 0 Å². The van der Waals surface area contributed by atoms with Gasteiger partial charge in [0.05, 0.1) is 0 Å². The van der Waals surface area contributed by atoms with Crippen molar-refractivity contribution in [1.29, 1.82) is 0 Å². The van der Waals surface area contributed by atoms with Crippen LogP contribution in [0, 0.1) is 11.6 Å². The van der Waals surface area contributed by atoms with Gasteiger partial charge < -0.3 is 5.32 Å². The highest BCUT2D eigenvalue weighted by Gasteiger charge is 2.03. The zero-order valence-electron chi connectivity index (χ0n) is 8.22. The van der Waals surface area contributed by atoms with Crippen LogP contribution in [0.2, 0.25) is 0 Å². The maximum Gasteiger partial charge on any atom is 0.160 e. The largest absolute Gasteiger partial charge is 0.379 e. The lowest BCUT2D eigenvalue weighted by Gasteiger charge is -2.10.